The van der Waals surface area contributed by atoms with Crippen molar-refractivity contribution in [3.05, 3.63) is 72.1 Å². The molecule has 1 radical (unpaired) electrons. The number of amides is 5. The second-order valence-electron chi connectivity index (χ2n) is 8.47. The van der Waals surface area contributed by atoms with Gasteiger partial charge in [-0.15, -0.1) is 0 Å². The van der Waals surface area contributed by atoms with Gasteiger partial charge in [0.15, 0.2) is 0 Å². The molecule has 4 rings (SSSR count). The van der Waals surface area contributed by atoms with Gasteiger partial charge in [-0.3, -0.25) is 9.69 Å². The van der Waals surface area contributed by atoms with Gasteiger partial charge in [-0.25, -0.2) is 14.5 Å². The van der Waals surface area contributed by atoms with Gasteiger partial charge in [0.05, 0.1) is 13.7 Å². The fraction of sp³-hybridized carbons (Fsp3) is 0.360. The Balaban J connectivity index is 1.41. The smallest absolute Gasteiger partial charge is 0.336 e. The molecule has 0 unspecified atom stereocenters. The van der Waals surface area contributed by atoms with E-state index in [1.807, 2.05) is 18.2 Å². The molecule has 8 nitrogen and oxygen atoms in total. The maximum Gasteiger partial charge on any atom is 0.336 e. The number of imide groups is 2. The molecular weight excluding hydrogens is 420 g/mol. The Morgan fingerprint density at radius 1 is 1.06 bits per heavy atom. The van der Waals surface area contributed by atoms with E-state index in [0.717, 1.165) is 28.3 Å². The normalized spacial score (nSPS) is 18.2. The van der Waals surface area contributed by atoms with Crippen molar-refractivity contribution in [2.45, 2.75) is 31.3 Å². The zero-order valence-electron chi connectivity index (χ0n) is 18.8. The van der Waals surface area contributed by atoms with Crippen molar-refractivity contribution in [3.8, 4) is 5.75 Å². The predicted octanol–water partition coefficient (Wildman–Crippen LogP) is 3.02. The van der Waals surface area contributed by atoms with Crippen LogP contribution in [0.5, 0.6) is 5.75 Å². The average Bonchev–Trinajstić information content (AvgIpc) is 3.03. The molecule has 33 heavy (non-hydrogen) atoms. The number of ether oxygens (including phenoxy) is 1. The minimum atomic E-state index is -1.20. The van der Waals surface area contributed by atoms with Crippen molar-refractivity contribution in [3.63, 3.8) is 0 Å². The first-order valence-electron chi connectivity index (χ1n) is 11.1. The summed E-state index contributed by atoms with van der Waals surface area (Å²) in [4.78, 5) is 43.1. The van der Waals surface area contributed by atoms with Gasteiger partial charge in [0.1, 0.15) is 11.3 Å². The van der Waals surface area contributed by atoms with Crippen molar-refractivity contribution < 1.29 is 19.1 Å². The Labute approximate surface area is 193 Å². The number of carbonyl (C=O) groups is 3. The summed E-state index contributed by atoms with van der Waals surface area (Å²) in [6.07, 6.45) is 3.82. The number of carbonyl (C=O) groups excluding carboxylic acids is 3. The van der Waals surface area contributed by atoms with Crippen molar-refractivity contribution in [1.29, 1.82) is 0 Å². The zero-order chi connectivity index (χ0) is 23.4. The number of benzene rings is 2. The van der Waals surface area contributed by atoms with Crippen molar-refractivity contribution in [1.82, 2.24) is 14.7 Å². The van der Waals surface area contributed by atoms with Crippen LogP contribution in [0.3, 0.4) is 0 Å². The molecule has 2 fully saturated rings. The topological polar surface area (TPSA) is 96.2 Å². The molecule has 8 heteroatoms. The van der Waals surface area contributed by atoms with Crippen LogP contribution in [0, 0.1) is 6.42 Å². The third kappa shape index (κ3) is 4.57. The van der Waals surface area contributed by atoms with Crippen LogP contribution in [-0.2, 0) is 11.3 Å². The van der Waals surface area contributed by atoms with Crippen LogP contribution in [-0.4, -0.2) is 65.0 Å². The highest BCUT2D eigenvalue weighted by Crippen LogP contribution is 2.38. The third-order valence-corrected chi connectivity index (χ3v) is 6.52. The van der Waals surface area contributed by atoms with E-state index in [1.165, 1.54) is 5.56 Å². The van der Waals surface area contributed by atoms with Crippen LogP contribution in [0.1, 0.15) is 30.4 Å². The Kier molecular flexibility index (Phi) is 6.65. The fourth-order valence-corrected chi connectivity index (χ4v) is 4.68. The lowest BCUT2D eigenvalue weighted by Crippen LogP contribution is -2.59. The molecule has 2 heterocycles. The summed E-state index contributed by atoms with van der Waals surface area (Å²) in [6, 6.07) is 15.8. The Morgan fingerprint density at radius 2 is 1.73 bits per heavy atom. The van der Waals surface area contributed by atoms with Crippen LogP contribution in [0.25, 0.3) is 0 Å². The maximum atomic E-state index is 13.4. The first kappa shape index (κ1) is 22.8. The fourth-order valence-electron chi connectivity index (χ4n) is 4.68. The molecule has 0 atom stereocenters. The molecule has 2 aliphatic rings. The van der Waals surface area contributed by atoms with E-state index in [-0.39, 0.29) is 12.5 Å². The molecule has 2 N–H and O–H groups in total. The highest BCUT2D eigenvalue weighted by atomic mass is 16.5. The molecule has 0 bridgehead atoms. The molecule has 2 aromatic rings. The molecule has 2 aromatic carbocycles. The van der Waals surface area contributed by atoms with Gasteiger partial charge in [-0.1, -0.05) is 42.5 Å². The highest BCUT2D eigenvalue weighted by molar-refractivity contribution is 6.13. The zero-order valence-corrected chi connectivity index (χ0v) is 18.8. The summed E-state index contributed by atoms with van der Waals surface area (Å²) in [5.74, 6) is 0.336. The maximum absolute atomic E-state index is 13.4. The van der Waals surface area contributed by atoms with E-state index in [0.29, 0.717) is 31.7 Å². The number of likely N-dealkylation sites (tertiary alicyclic amines) is 1. The molecule has 2 aliphatic heterocycles. The SMILES string of the molecule is COc1ccc(CN2C(=O)N(C(N)=O)C3(CCN(CC[CH]c4ccccc4)CC3)C2=O)cc1. The number of hydrogen-bond acceptors (Lipinski definition) is 5. The van der Waals surface area contributed by atoms with Crippen LogP contribution < -0.4 is 10.5 Å². The Morgan fingerprint density at radius 3 is 2.33 bits per heavy atom. The van der Waals surface area contributed by atoms with E-state index >= 15 is 0 Å². The van der Waals surface area contributed by atoms with Crippen molar-refractivity contribution in [2.75, 3.05) is 26.7 Å². The van der Waals surface area contributed by atoms with Crippen LogP contribution in [0.15, 0.2) is 54.6 Å². The molecule has 2 saturated heterocycles. The number of nitrogens with zero attached hydrogens (tertiary/aromatic N) is 3. The van der Waals surface area contributed by atoms with E-state index in [9.17, 15) is 14.4 Å². The number of piperidine rings is 1. The molecular formula is C25H29N4O4. The van der Waals surface area contributed by atoms with Gasteiger partial charge in [0.2, 0.25) is 0 Å². The molecule has 173 valence electrons. The highest BCUT2D eigenvalue weighted by Gasteiger charge is 2.60. The summed E-state index contributed by atoms with van der Waals surface area (Å²) in [7, 11) is 1.57. The summed E-state index contributed by atoms with van der Waals surface area (Å²) in [5.41, 5.74) is 6.33. The monoisotopic (exact) mass is 449 g/mol. The van der Waals surface area contributed by atoms with E-state index < -0.39 is 17.6 Å². The number of primary amides is 1. The number of hydrogen-bond donors (Lipinski definition) is 1. The van der Waals surface area contributed by atoms with E-state index in [1.54, 1.807) is 31.4 Å². The molecule has 0 saturated carbocycles. The predicted molar refractivity (Wildman–Crippen MR) is 123 cm³/mol. The second kappa shape index (κ2) is 9.62. The minimum absolute atomic E-state index is 0.0863. The van der Waals surface area contributed by atoms with E-state index in [2.05, 4.69) is 23.5 Å². The van der Waals surface area contributed by atoms with Gasteiger partial charge >= 0.3 is 12.1 Å². The second-order valence-corrected chi connectivity index (χ2v) is 8.47. The number of rotatable bonds is 7. The largest absolute Gasteiger partial charge is 0.497 e. The van der Waals surface area contributed by atoms with E-state index in [4.69, 9.17) is 10.5 Å². The summed E-state index contributed by atoms with van der Waals surface area (Å²) < 4.78 is 5.16. The van der Waals surface area contributed by atoms with Gasteiger partial charge in [0.25, 0.3) is 5.91 Å². The molecule has 0 aromatic heterocycles. The van der Waals surface area contributed by atoms with Crippen molar-refractivity contribution >= 4 is 18.0 Å². The lowest BCUT2D eigenvalue weighted by Gasteiger charge is -2.40. The lowest BCUT2D eigenvalue weighted by molar-refractivity contribution is -0.135. The average molecular weight is 450 g/mol. The van der Waals surface area contributed by atoms with Gasteiger partial charge in [-0.05, 0) is 55.5 Å². The van der Waals surface area contributed by atoms with Crippen molar-refractivity contribution in [2.24, 2.45) is 5.73 Å². The molecule has 0 aliphatic carbocycles. The number of nitrogens with two attached hydrogens (primary N) is 1. The Bertz CT molecular complexity index is 1000. The molecule has 5 amide bonds. The summed E-state index contributed by atoms with van der Waals surface area (Å²) in [5, 5.41) is 0. The first-order valence-corrected chi connectivity index (χ1v) is 11.1. The minimum Gasteiger partial charge on any atom is -0.497 e. The van der Waals surface area contributed by atoms with Gasteiger partial charge in [0, 0.05) is 13.1 Å². The summed E-state index contributed by atoms with van der Waals surface area (Å²) in [6.45, 7) is 2.16. The van der Waals surface area contributed by atoms with Crippen LogP contribution in [0.4, 0.5) is 9.59 Å². The third-order valence-electron chi connectivity index (χ3n) is 6.52. The molecule has 1 spiro atoms. The quantitative estimate of drug-likeness (QED) is 0.656. The summed E-state index contributed by atoms with van der Waals surface area (Å²) >= 11 is 0. The first-order chi connectivity index (χ1) is 15.9. The lowest BCUT2D eigenvalue weighted by atomic mass is 9.85. The Hall–Kier alpha value is -3.39. The van der Waals surface area contributed by atoms with Gasteiger partial charge in [-0.2, -0.15) is 0 Å². The number of methoxy groups -OCH3 is 1. The van der Waals surface area contributed by atoms with Gasteiger partial charge < -0.3 is 15.4 Å². The number of urea groups is 2. The van der Waals surface area contributed by atoms with Crippen LogP contribution in [0.2, 0.25) is 0 Å². The standard InChI is InChI=1S/C25H29N4O4/c1-33-21-11-9-20(10-12-21)18-28-22(30)25(29(23(26)31)24(28)32)13-16-27(17-14-25)15-5-8-19-6-3-2-4-7-19/h2-4,6-12H,5,13-18H2,1H3,(H2,26,31). The van der Waals surface area contributed by atoms with Crippen LogP contribution >= 0.6 is 0 Å².